The lowest BCUT2D eigenvalue weighted by Crippen LogP contribution is -2.55. The van der Waals surface area contributed by atoms with E-state index in [-0.39, 0.29) is 23.6 Å². The Bertz CT molecular complexity index is 251. The van der Waals surface area contributed by atoms with E-state index in [0.29, 0.717) is 0 Å². The maximum absolute atomic E-state index is 11.9. The van der Waals surface area contributed by atoms with E-state index in [1.165, 1.54) is 0 Å². The van der Waals surface area contributed by atoms with Gasteiger partial charge in [0, 0.05) is 6.61 Å². The van der Waals surface area contributed by atoms with Crippen LogP contribution in [0.3, 0.4) is 0 Å². The molecule has 0 saturated carbocycles. The third-order valence-electron chi connectivity index (χ3n) is 3.67. The van der Waals surface area contributed by atoms with Gasteiger partial charge in [0.1, 0.15) is 0 Å². The van der Waals surface area contributed by atoms with Crippen LogP contribution >= 0.6 is 0 Å². The van der Waals surface area contributed by atoms with Crippen molar-refractivity contribution < 1.29 is 9.53 Å². The third kappa shape index (κ3) is 2.16. The summed E-state index contributed by atoms with van der Waals surface area (Å²) >= 11 is 0. The van der Waals surface area contributed by atoms with Crippen molar-refractivity contribution in [1.29, 1.82) is 0 Å². The van der Waals surface area contributed by atoms with Gasteiger partial charge < -0.3 is 15.4 Å². The summed E-state index contributed by atoms with van der Waals surface area (Å²) in [6.07, 6.45) is 3.08. The summed E-state index contributed by atoms with van der Waals surface area (Å²) in [5, 5.41) is 6.33. The number of nitrogens with one attached hydrogen (secondary N) is 2. The van der Waals surface area contributed by atoms with Crippen LogP contribution in [0.5, 0.6) is 0 Å². The quantitative estimate of drug-likeness (QED) is 0.697. The zero-order valence-corrected chi connectivity index (χ0v) is 9.51. The average molecular weight is 212 g/mol. The molecule has 2 aliphatic heterocycles. The van der Waals surface area contributed by atoms with Gasteiger partial charge in [-0.3, -0.25) is 4.79 Å². The molecule has 2 N–H and O–H groups in total. The summed E-state index contributed by atoms with van der Waals surface area (Å²) in [4.78, 5) is 11.9. The molecule has 0 spiro atoms. The Kier molecular flexibility index (Phi) is 2.98. The lowest BCUT2D eigenvalue weighted by atomic mass is 9.94. The van der Waals surface area contributed by atoms with Crippen molar-refractivity contribution in [2.75, 3.05) is 13.2 Å². The van der Waals surface area contributed by atoms with Crippen LogP contribution in [0.2, 0.25) is 0 Å². The van der Waals surface area contributed by atoms with Crippen molar-refractivity contribution >= 4 is 5.91 Å². The summed E-state index contributed by atoms with van der Waals surface area (Å²) in [7, 11) is 0. The van der Waals surface area contributed by atoms with Crippen molar-refractivity contribution in [2.24, 2.45) is 0 Å². The molecule has 4 nitrogen and oxygen atoms in total. The molecule has 2 heterocycles. The van der Waals surface area contributed by atoms with E-state index in [4.69, 9.17) is 4.74 Å². The van der Waals surface area contributed by atoms with Crippen LogP contribution in [-0.2, 0) is 9.53 Å². The fraction of sp³-hybridized carbons (Fsp3) is 0.909. The SMILES string of the molecule is CC1OCCC1(C)NC(=O)C1CCCN1. The predicted molar refractivity (Wildman–Crippen MR) is 57.6 cm³/mol. The summed E-state index contributed by atoms with van der Waals surface area (Å²) < 4.78 is 5.50. The topological polar surface area (TPSA) is 50.4 Å². The number of amides is 1. The first-order valence-electron chi connectivity index (χ1n) is 5.79. The molecule has 0 aromatic heterocycles. The van der Waals surface area contributed by atoms with Crippen molar-refractivity contribution in [3.05, 3.63) is 0 Å². The number of hydrogen-bond acceptors (Lipinski definition) is 3. The van der Waals surface area contributed by atoms with Crippen LogP contribution in [0.15, 0.2) is 0 Å². The molecule has 4 heteroatoms. The molecule has 0 radical (unpaired) electrons. The Labute approximate surface area is 90.8 Å². The van der Waals surface area contributed by atoms with Crippen LogP contribution < -0.4 is 10.6 Å². The van der Waals surface area contributed by atoms with Gasteiger partial charge in [0.25, 0.3) is 0 Å². The lowest BCUT2D eigenvalue weighted by molar-refractivity contribution is -0.125. The maximum atomic E-state index is 11.9. The Balaban J connectivity index is 1.92. The van der Waals surface area contributed by atoms with Crippen LogP contribution in [-0.4, -0.2) is 36.7 Å². The second-order valence-electron chi connectivity index (χ2n) is 4.82. The second kappa shape index (κ2) is 4.10. The van der Waals surface area contributed by atoms with Gasteiger partial charge in [0.2, 0.25) is 5.91 Å². The molecule has 3 unspecified atom stereocenters. The third-order valence-corrected chi connectivity index (χ3v) is 3.67. The molecule has 0 bridgehead atoms. The van der Waals surface area contributed by atoms with E-state index >= 15 is 0 Å². The van der Waals surface area contributed by atoms with Crippen molar-refractivity contribution in [2.45, 2.75) is 50.8 Å². The molecule has 15 heavy (non-hydrogen) atoms. The van der Waals surface area contributed by atoms with Gasteiger partial charge in [0.05, 0.1) is 17.7 Å². The normalized spacial score (nSPS) is 40.7. The van der Waals surface area contributed by atoms with E-state index in [9.17, 15) is 4.79 Å². The summed E-state index contributed by atoms with van der Waals surface area (Å²) in [6, 6.07) is 0.00891. The standard InChI is InChI=1S/C11H20N2O2/c1-8-11(2,5-7-15-8)13-10(14)9-4-3-6-12-9/h8-9,12H,3-7H2,1-2H3,(H,13,14). The molecule has 86 valence electrons. The highest BCUT2D eigenvalue weighted by Gasteiger charge is 2.39. The van der Waals surface area contributed by atoms with Gasteiger partial charge >= 0.3 is 0 Å². The van der Waals surface area contributed by atoms with Gasteiger partial charge in [-0.1, -0.05) is 0 Å². The Morgan fingerprint density at radius 3 is 2.93 bits per heavy atom. The zero-order valence-electron chi connectivity index (χ0n) is 9.51. The van der Waals surface area contributed by atoms with Gasteiger partial charge in [-0.15, -0.1) is 0 Å². The largest absolute Gasteiger partial charge is 0.376 e. The van der Waals surface area contributed by atoms with Crippen molar-refractivity contribution in [3.63, 3.8) is 0 Å². The highest BCUT2D eigenvalue weighted by molar-refractivity contribution is 5.82. The smallest absolute Gasteiger partial charge is 0.237 e. The van der Waals surface area contributed by atoms with Gasteiger partial charge in [-0.25, -0.2) is 0 Å². The van der Waals surface area contributed by atoms with Crippen LogP contribution in [0, 0.1) is 0 Å². The Hall–Kier alpha value is -0.610. The fourth-order valence-electron chi connectivity index (χ4n) is 2.28. The molecule has 0 aromatic rings. The monoisotopic (exact) mass is 212 g/mol. The Morgan fingerprint density at radius 1 is 1.60 bits per heavy atom. The Morgan fingerprint density at radius 2 is 2.40 bits per heavy atom. The fourth-order valence-corrected chi connectivity index (χ4v) is 2.28. The zero-order chi connectivity index (χ0) is 10.9. The van der Waals surface area contributed by atoms with E-state index in [1.54, 1.807) is 0 Å². The van der Waals surface area contributed by atoms with E-state index in [1.807, 2.05) is 6.92 Å². The number of ether oxygens (including phenoxy) is 1. The van der Waals surface area contributed by atoms with Gasteiger partial charge in [-0.05, 0) is 39.7 Å². The first-order valence-corrected chi connectivity index (χ1v) is 5.79. The van der Waals surface area contributed by atoms with Crippen LogP contribution in [0.25, 0.3) is 0 Å². The number of rotatable bonds is 2. The number of carbonyl (C=O) groups is 1. The minimum Gasteiger partial charge on any atom is -0.376 e. The minimum absolute atomic E-state index is 0.00891. The average Bonchev–Trinajstić information content (AvgIpc) is 2.78. The molecule has 0 aliphatic carbocycles. The lowest BCUT2D eigenvalue weighted by Gasteiger charge is -2.30. The second-order valence-corrected chi connectivity index (χ2v) is 4.82. The molecule has 3 atom stereocenters. The molecule has 1 amide bonds. The first kappa shape index (κ1) is 10.9. The van der Waals surface area contributed by atoms with Gasteiger partial charge in [0.15, 0.2) is 0 Å². The summed E-state index contributed by atoms with van der Waals surface area (Å²) in [5.41, 5.74) is -0.179. The maximum Gasteiger partial charge on any atom is 0.237 e. The minimum atomic E-state index is -0.179. The predicted octanol–water partition coefficient (Wildman–Crippen LogP) is 0.422. The highest BCUT2D eigenvalue weighted by Crippen LogP contribution is 2.25. The molecular formula is C11H20N2O2. The van der Waals surface area contributed by atoms with Gasteiger partial charge in [-0.2, -0.15) is 0 Å². The molecule has 2 aliphatic rings. The van der Waals surface area contributed by atoms with Crippen molar-refractivity contribution in [3.8, 4) is 0 Å². The molecular weight excluding hydrogens is 192 g/mol. The van der Waals surface area contributed by atoms with E-state index < -0.39 is 0 Å². The van der Waals surface area contributed by atoms with Crippen molar-refractivity contribution in [1.82, 2.24) is 10.6 Å². The van der Waals surface area contributed by atoms with E-state index in [2.05, 4.69) is 17.6 Å². The number of hydrogen-bond donors (Lipinski definition) is 2. The highest BCUT2D eigenvalue weighted by atomic mass is 16.5. The molecule has 0 aromatic carbocycles. The first-order chi connectivity index (χ1) is 7.12. The molecule has 2 fully saturated rings. The molecule has 2 saturated heterocycles. The summed E-state index contributed by atoms with van der Waals surface area (Å²) in [5.74, 6) is 0.132. The number of carbonyl (C=O) groups excluding carboxylic acids is 1. The van der Waals surface area contributed by atoms with E-state index in [0.717, 1.165) is 32.4 Å². The molecule has 2 rings (SSSR count). The van der Waals surface area contributed by atoms with Crippen LogP contribution in [0.1, 0.15) is 33.1 Å². The van der Waals surface area contributed by atoms with Crippen LogP contribution in [0.4, 0.5) is 0 Å². The summed E-state index contributed by atoms with van der Waals surface area (Å²) in [6.45, 7) is 5.80.